The molecule has 0 saturated carbocycles. The summed E-state index contributed by atoms with van der Waals surface area (Å²) in [4.78, 5) is 40.0. The van der Waals surface area contributed by atoms with Gasteiger partial charge in [-0.05, 0) is 25.8 Å². The Bertz CT molecular complexity index is 886. The minimum atomic E-state index is -0.208. The molecule has 2 aromatic heterocycles. The quantitative estimate of drug-likeness (QED) is 0.860. The predicted molar refractivity (Wildman–Crippen MR) is 105 cm³/mol. The van der Waals surface area contributed by atoms with Crippen LogP contribution in [0.2, 0.25) is 0 Å². The lowest BCUT2D eigenvalue weighted by atomic mass is 9.94. The number of rotatable bonds is 3. The summed E-state index contributed by atoms with van der Waals surface area (Å²) >= 11 is 0. The number of likely N-dealkylation sites (tertiary alicyclic amines) is 1. The number of aryl methyl sites for hydroxylation is 1. The fourth-order valence-corrected chi connectivity index (χ4v) is 3.87. The lowest BCUT2D eigenvalue weighted by Gasteiger charge is -2.33. The van der Waals surface area contributed by atoms with Crippen molar-refractivity contribution in [1.82, 2.24) is 19.9 Å². The van der Waals surface area contributed by atoms with Gasteiger partial charge in [-0.1, -0.05) is 0 Å². The summed E-state index contributed by atoms with van der Waals surface area (Å²) in [6.07, 6.45) is 3.41. The Morgan fingerprint density at radius 2 is 2.04 bits per heavy atom. The van der Waals surface area contributed by atoms with Crippen molar-refractivity contribution in [3.63, 3.8) is 0 Å². The van der Waals surface area contributed by atoms with Gasteiger partial charge in [0.05, 0.1) is 24.5 Å². The highest BCUT2D eigenvalue weighted by molar-refractivity contribution is 5.94. The standard InChI is InChI=1S/C20H25N5O3/c1-14-22-17(11-18(23-14)24-7-9-28-10-8-24)16-3-2-6-25(13-16)20(27)15-4-5-19(26)21-12-15/h4-5,11-12,16H,2-3,6-10,13H2,1H3,(H,21,26)/t16-/m0/s1. The van der Waals surface area contributed by atoms with Crippen LogP contribution in [0, 0.1) is 6.92 Å². The zero-order valence-electron chi connectivity index (χ0n) is 16.1. The number of nitrogens with one attached hydrogen (secondary N) is 1. The monoisotopic (exact) mass is 383 g/mol. The van der Waals surface area contributed by atoms with Crippen LogP contribution in [0.4, 0.5) is 5.82 Å². The number of pyridine rings is 1. The Kier molecular flexibility index (Phi) is 5.38. The van der Waals surface area contributed by atoms with E-state index >= 15 is 0 Å². The van der Waals surface area contributed by atoms with E-state index in [0.717, 1.165) is 49.8 Å². The number of carbonyl (C=O) groups excluding carboxylic acids is 1. The normalized spacial score (nSPS) is 20.2. The van der Waals surface area contributed by atoms with E-state index < -0.39 is 0 Å². The largest absolute Gasteiger partial charge is 0.378 e. The van der Waals surface area contributed by atoms with Crippen molar-refractivity contribution >= 4 is 11.7 Å². The number of hydrogen-bond acceptors (Lipinski definition) is 6. The van der Waals surface area contributed by atoms with Gasteiger partial charge in [0.2, 0.25) is 5.56 Å². The Hall–Kier alpha value is -2.74. The zero-order valence-corrected chi connectivity index (χ0v) is 16.1. The molecule has 0 spiro atoms. The van der Waals surface area contributed by atoms with E-state index in [0.29, 0.717) is 25.3 Å². The van der Waals surface area contributed by atoms with Gasteiger partial charge in [0.1, 0.15) is 11.6 Å². The summed E-state index contributed by atoms with van der Waals surface area (Å²) in [6.45, 7) is 6.34. The molecule has 4 heterocycles. The molecule has 2 aliphatic heterocycles. The molecule has 148 valence electrons. The van der Waals surface area contributed by atoms with E-state index in [9.17, 15) is 9.59 Å². The first-order valence-electron chi connectivity index (χ1n) is 9.76. The second-order valence-corrected chi connectivity index (χ2v) is 7.33. The topological polar surface area (TPSA) is 91.4 Å². The average Bonchev–Trinajstić information content (AvgIpc) is 2.74. The highest BCUT2D eigenvalue weighted by Crippen LogP contribution is 2.28. The molecule has 0 aromatic carbocycles. The number of anilines is 1. The molecule has 28 heavy (non-hydrogen) atoms. The van der Waals surface area contributed by atoms with Gasteiger partial charge in [-0.15, -0.1) is 0 Å². The first-order chi connectivity index (χ1) is 13.6. The third kappa shape index (κ3) is 4.06. The highest BCUT2D eigenvalue weighted by atomic mass is 16.5. The third-order valence-electron chi connectivity index (χ3n) is 5.34. The van der Waals surface area contributed by atoms with Gasteiger partial charge < -0.3 is 19.5 Å². The third-order valence-corrected chi connectivity index (χ3v) is 5.34. The van der Waals surface area contributed by atoms with Crippen molar-refractivity contribution < 1.29 is 9.53 Å². The molecule has 1 amide bonds. The van der Waals surface area contributed by atoms with Crippen molar-refractivity contribution in [2.75, 3.05) is 44.3 Å². The van der Waals surface area contributed by atoms with Crippen molar-refractivity contribution in [3.8, 4) is 0 Å². The van der Waals surface area contributed by atoms with Crippen LogP contribution in [0.25, 0.3) is 0 Å². The Morgan fingerprint density at radius 3 is 2.79 bits per heavy atom. The maximum Gasteiger partial charge on any atom is 0.255 e. The number of H-pyrrole nitrogens is 1. The van der Waals surface area contributed by atoms with Gasteiger partial charge in [-0.2, -0.15) is 0 Å². The van der Waals surface area contributed by atoms with Crippen LogP contribution in [-0.4, -0.2) is 65.2 Å². The van der Waals surface area contributed by atoms with Crippen LogP contribution >= 0.6 is 0 Å². The second-order valence-electron chi connectivity index (χ2n) is 7.33. The first kappa shape index (κ1) is 18.6. The molecule has 8 heteroatoms. The van der Waals surface area contributed by atoms with Crippen molar-refractivity contribution in [2.24, 2.45) is 0 Å². The summed E-state index contributed by atoms with van der Waals surface area (Å²) in [6, 6.07) is 5.03. The number of piperidine rings is 1. The number of aromatic nitrogens is 3. The Balaban J connectivity index is 1.52. The van der Waals surface area contributed by atoms with E-state index in [1.54, 1.807) is 6.07 Å². The average molecular weight is 383 g/mol. The van der Waals surface area contributed by atoms with E-state index in [1.165, 1.54) is 12.3 Å². The summed E-state index contributed by atoms with van der Waals surface area (Å²) < 4.78 is 5.44. The van der Waals surface area contributed by atoms with Crippen LogP contribution in [-0.2, 0) is 4.74 Å². The van der Waals surface area contributed by atoms with Crippen molar-refractivity contribution in [1.29, 1.82) is 0 Å². The van der Waals surface area contributed by atoms with Gasteiger partial charge in [-0.25, -0.2) is 9.97 Å². The lowest BCUT2D eigenvalue weighted by molar-refractivity contribution is 0.0705. The molecule has 1 N–H and O–H groups in total. The molecule has 0 bridgehead atoms. The lowest BCUT2D eigenvalue weighted by Crippen LogP contribution is -2.40. The maximum absolute atomic E-state index is 12.8. The van der Waals surface area contributed by atoms with Crippen molar-refractivity contribution in [3.05, 3.63) is 51.8 Å². The molecular formula is C20H25N5O3. The van der Waals surface area contributed by atoms with Crippen molar-refractivity contribution in [2.45, 2.75) is 25.7 Å². The SMILES string of the molecule is Cc1nc([C@H]2CCCN(C(=O)c3ccc(=O)[nH]c3)C2)cc(N2CCOCC2)n1. The number of hydrogen-bond donors (Lipinski definition) is 1. The van der Waals surface area contributed by atoms with Gasteiger partial charge >= 0.3 is 0 Å². The highest BCUT2D eigenvalue weighted by Gasteiger charge is 2.27. The smallest absolute Gasteiger partial charge is 0.255 e. The number of carbonyl (C=O) groups is 1. The number of aromatic amines is 1. The van der Waals surface area contributed by atoms with Crippen LogP contribution in [0.1, 0.15) is 40.6 Å². The van der Waals surface area contributed by atoms with E-state index in [2.05, 4.69) is 25.9 Å². The van der Waals surface area contributed by atoms with Crippen LogP contribution in [0.5, 0.6) is 0 Å². The van der Waals surface area contributed by atoms with Crippen LogP contribution in [0.15, 0.2) is 29.2 Å². The summed E-state index contributed by atoms with van der Waals surface area (Å²) in [5, 5.41) is 0. The van der Waals surface area contributed by atoms with Gasteiger partial charge in [0.15, 0.2) is 0 Å². The van der Waals surface area contributed by atoms with E-state index in [-0.39, 0.29) is 17.4 Å². The molecule has 0 radical (unpaired) electrons. The number of nitrogens with zero attached hydrogens (tertiary/aromatic N) is 4. The fourth-order valence-electron chi connectivity index (χ4n) is 3.87. The van der Waals surface area contributed by atoms with E-state index in [4.69, 9.17) is 4.74 Å². The molecule has 2 aliphatic rings. The second kappa shape index (κ2) is 8.10. The number of morpholine rings is 1. The molecule has 2 aromatic rings. The molecule has 1 atom stereocenters. The molecule has 4 rings (SSSR count). The van der Waals surface area contributed by atoms with Crippen LogP contribution < -0.4 is 10.5 Å². The Labute approximate surface area is 163 Å². The first-order valence-corrected chi connectivity index (χ1v) is 9.76. The number of amides is 1. The molecule has 0 unspecified atom stereocenters. The van der Waals surface area contributed by atoms with Crippen LogP contribution in [0.3, 0.4) is 0 Å². The maximum atomic E-state index is 12.8. The molecular weight excluding hydrogens is 358 g/mol. The minimum absolute atomic E-state index is 0.0554. The summed E-state index contributed by atoms with van der Waals surface area (Å²) in [7, 11) is 0. The molecule has 2 saturated heterocycles. The number of ether oxygens (including phenoxy) is 1. The van der Waals surface area contributed by atoms with E-state index in [1.807, 2.05) is 11.8 Å². The van der Waals surface area contributed by atoms with Gasteiger partial charge in [0, 0.05) is 50.4 Å². The summed E-state index contributed by atoms with van der Waals surface area (Å²) in [5.41, 5.74) is 1.29. The molecule has 0 aliphatic carbocycles. The minimum Gasteiger partial charge on any atom is -0.378 e. The van der Waals surface area contributed by atoms with Gasteiger partial charge in [-0.3, -0.25) is 9.59 Å². The molecule has 8 nitrogen and oxygen atoms in total. The zero-order chi connectivity index (χ0) is 19.5. The fraction of sp³-hybridized carbons (Fsp3) is 0.500. The van der Waals surface area contributed by atoms with Gasteiger partial charge in [0.25, 0.3) is 5.91 Å². The predicted octanol–water partition coefficient (Wildman–Crippen LogP) is 1.33. The molecule has 2 fully saturated rings. The Morgan fingerprint density at radius 1 is 1.21 bits per heavy atom. The summed E-state index contributed by atoms with van der Waals surface area (Å²) in [5.74, 6) is 1.82.